The average molecular weight is 307 g/mol. The lowest BCUT2D eigenvalue weighted by Crippen LogP contribution is -2.29. The zero-order valence-corrected chi connectivity index (χ0v) is 12.8. The van der Waals surface area contributed by atoms with Crippen LogP contribution in [-0.2, 0) is 9.63 Å². The van der Waals surface area contributed by atoms with E-state index >= 15 is 0 Å². The van der Waals surface area contributed by atoms with Crippen molar-refractivity contribution in [3.8, 4) is 0 Å². The third-order valence-corrected chi connectivity index (χ3v) is 4.10. The number of hydrogen-bond donors (Lipinski definition) is 1. The third kappa shape index (κ3) is 4.29. The van der Waals surface area contributed by atoms with E-state index in [0.717, 1.165) is 38.5 Å². The molecule has 0 bridgehead atoms. The highest BCUT2D eigenvalue weighted by molar-refractivity contribution is 6.42. The molecule has 22 heavy (non-hydrogen) atoms. The van der Waals surface area contributed by atoms with Crippen molar-refractivity contribution in [3.63, 3.8) is 0 Å². The maximum atomic E-state index is 13.8. The van der Waals surface area contributed by atoms with Gasteiger partial charge in [0.2, 0.25) is 0 Å². The molecule has 0 heterocycles. The molecule has 4 nitrogen and oxygen atoms in total. The van der Waals surface area contributed by atoms with E-state index in [1.54, 1.807) is 6.07 Å². The molecular weight excluding hydrogens is 285 g/mol. The summed E-state index contributed by atoms with van der Waals surface area (Å²) < 4.78 is 13.8. The molecule has 0 aliphatic heterocycles. The molecule has 1 aliphatic carbocycles. The number of rotatable bonds is 4. The Morgan fingerprint density at radius 1 is 1.18 bits per heavy atom. The summed E-state index contributed by atoms with van der Waals surface area (Å²) in [5.74, 6) is -1.91. The molecule has 1 N–H and O–H groups in total. The van der Waals surface area contributed by atoms with Crippen LogP contribution < -0.4 is 0 Å². The van der Waals surface area contributed by atoms with Gasteiger partial charge >= 0.3 is 5.97 Å². The number of benzene rings is 1. The summed E-state index contributed by atoms with van der Waals surface area (Å²) in [5.41, 5.74) is -0.919. The first-order valence-corrected chi connectivity index (χ1v) is 7.76. The molecule has 2 rings (SSSR count). The fraction of sp³-hybridized carbons (Fsp3) is 0.529. The smallest absolute Gasteiger partial charge is 0.358 e. The summed E-state index contributed by atoms with van der Waals surface area (Å²) in [4.78, 5) is 17.0. The van der Waals surface area contributed by atoms with Gasteiger partial charge in [-0.2, -0.15) is 0 Å². The third-order valence-electron chi connectivity index (χ3n) is 4.10. The second-order valence-corrected chi connectivity index (χ2v) is 6.03. The summed E-state index contributed by atoms with van der Waals surface area (Å²) in [6.07, 6.45) is 7.28. The van der Waals surface area contributed by atoms with Crippen LogP contribution in [-0.4, -0.2) is 22.4 Å². The minimum atomic E-state index is -1.29. The van der Waals surface area contributed by atoms with Gasteiger partial charge in [-0.3, -0.25) is 0 Å². The predicted octanol–water partition coefficient (Wildman–Crippen LogP) is 4.13. The summed E-state index contributed by atoms with van der Waals surface area (Å²) in [6, 6.07) is 5.70. The van der Waals surface area contributed by atoms with E-state index in [1.165, 1.54) is 24.6 Å². The Bertz CT molecular complexity index is 549. The molecule has 120 valence electrons. The Balaban J connectivity index is 2.20. The zero-order chi connectivity index (χ0) is 16.0. The first kappa shape index (κ1) is 16.5. The molecule has 1 aromatic rings. The molecule has 0 amide bonds. The van der Waals surface area contributed by atoms with Gasteiger partial charge < -0.3 is 9.94 Å². The lowest BCUT2D eigenvalue weighted by molar-refractivity contribution is -0.129. The highest BCUT2D eigenvalue weighted by Crippen LogP contribution is 2.29. The Labute approximate surface area is 130 Å². The fourth-order valence-electron chi connectivity index (χ4n) is 2.76. The molecule has 1 saturated carbocycles. The molecule has 0 aromatic heterocycles. The topological polar surface area (TPSA) is 58.9 Å². The van der Waals surface area contributed by atoms with E-state index in [2.05, 4.69) is 5.16 Å². The van der Waals surface area contributed by atoms with Crippen LogP contribution in [0.3, 0.4) is 0 Å². The quantitative estimate of drug-likeness (QED) is 0.672. The summed E-state index contributed by atoms with van der Waals surface area (Å²) in [5, 5.41) is 13.1. The maximum Gasteiger partial charge on any atom is 0.358 e. The molecule has 0 spiro atoms. The number of aliphatic carboxylic acids is 1. The molecular formula is C17H22FNO3. The van der Waals surface area contributed by atoms with Crippen LogP contribution in [0.1, 0.15) is 57.4 Å². The maximum absolute atomic E-state index is 13.8. The standard InChI is InChI=1S/C17H22FNO3/c1-17(11-7-3-2-4-8-12-17)22-19-15(16(20)21)13-9-5-6-10-14(13)18/h5-6,9-10H,2-4,7-8,11-12H2,1H3,(H,20,21)/b19-15-. The minimum absolute atomic E-state index is 0.0514. The van der Waals surface area contributed by atoms with Crippen molar-refractivity contribution in [3.05, 3.63) is 35.6 Å². The number of oxime groups is 1. The molecule has 1 fully saturated rings. The molecule has 1 aromatic carbocycles. The Kier molecular flexibility index (Phi) is 5.52. The van der Waals surface area contributed by atoms with E-state index in [0.29, 0.717) is 0 Å². The Morgan fingerprint density at radius 2 is 1.77 bits per heavy atom. The summed E-state index contributed by atoms with van der Waals surface area (Å²) in [6.45, 7) is 1.95. The largest absolute Gasteiger partial charge is 0.476 e. The monoisotopic (exact) mass is 307 g/mol. The second kappa shape index (κ2) is 7.38. The van der Waals surface area contributed by atoms with Gasteiger partial charge in [-0.05, 0) is 44.7 Å². The van der Waals surface area contributed by atoms with Crippen LogP contribution in [0.15, 0.2) is 29.4 Å². The van der Waals surface area contributed by atoms with Gasteiger partial charge in [0.15, 0.2) is 5.71 Å². The number of carboxylic acid groups (broad SMARTS) is 1. The van der Waals surface area contributed by atoms with E-state index in [4.69, 9.17) is 4.84 Å². The van der Waals surface area contributed by atoms with Crippen molar-refractivity contribution in [2.24, 2.45) is 5.16 Å². The minimum Gasteiger partial charge on any atom is -0.476 e. The van der Waals surface area contributed by atoms with E-state index in [9.17, 15) is 14.3 Å². The van der Waals surface area contributed by atoms with Gasteiger partial charge in [-0.25, -0.2) is 9.18 Å². The number of nitrogens with zero attached hydrogens (tertiary/aromatic N) is 1. The van der Waals surface area contributed by atoms with Crippen molar-refractivity contribution in [2.75, 3.05) is 0 Å². The second-order valence-electron chi connectivity index (χ2n) is 6.03. The van der Waals surface area contributed by atoms with Crippen molar-refractivity contribution >= 4 is 11.7 Å². The molecule has 5 heteroatoms. The van der Waals surface area contributed by atoms with Gasteiger partial charge in [0.25, 0.3) is 0 Å². The SMILES string of the molecule is CC1(O/N=C(\C(=O)O)c2ccccc2F)CCCCCCC1. The number of carbonyl (C=O) groups is 1. The van der Waals surface area contributed by atoms with Crippen molar-refractivity contribution in [2.45, 2.75) is 57.5 Å². The van der Waals surface area contributed by atoms with Crippen LogP contribution in [0.25, 0.3) is 0 Å². The van der Waals surface area contributed by atoms with Crippen LogP contribution in [0.2, 0.25) is 0 Å². The Hall–Kier alpha value is -1.91. The lowest BCUT2D eigenvalue weighted by atomic mass is 9.89. The van der Waals surface area contributed by atoms with Gasteiger partial charge in [-0.15, -0.1) is 0 Å². The average Bonchev–Trinajstić information content (AvgIpc) is 2.45. The number of hydrogen-bond acceptors (Lipinski definition) is 3. The van der Waals surface area contributed by atoms with Gasteiger partial charge in [0.1, 0.15) is 11.4 Å². The van der Waals surface area contributed by atoms with Crippen LogP contribution in [0.4, 0.5) is 4.39 Å². The van der Waals surface area contributed by atoms with Gasteiger partial charge in [-0.1, -0.05) is 36.6 Å². The van der Waals surface area contributed by atoms with Crippen molar-refractivity contribution in [1.29, 1.82) is 0 Å². The van der Waals surface area contributed by atoms with Gasteiger partial charge in [0, 0.05) is 5.56 Å². The summed E-state index contributed by atoms with van der Waals surface area (Å²) in [7, 11) is 0. The normalized spacial score (nSPS) is 19.1. The molecule has 0 radical (unpaired) electrons. The predicted molar refractivity (Wildman–Crippen MR) is 82.4 cm³/mol. The number of carboxylic acids is 1. The number of halogens is 1. The molecule has 0 saturated heterocycles. The van der Waals surface area contributed by atoms with Crippen molar-refractivity contribution in [1.82, 2.24) is 0 Å². The fourth-order valence-corrected chi connectivity index (χ4v) is 2.76. The highest BCUT2D eigenvalue weighted by Gasteiger charge is 2.28. The van der Waals surface area contributed by atoms with Crippen LogP contribution >= 0.6 is 0 Å². The van der Waals surface area contributed by atoms with E-state index in [-0.39, 0.29) is 11.3 Å². The van der Waals surface area contributed by atoms with Crippen LogP contribution in [0, 0.1) is 5.82 Å². The van der Waals surface area contributed by atoms with E-state index in [1.807, 2.05) is 6.92 Å². The van der Waals surface area contributed by atoms with Crippen LogP contribution in [0.5, 0.6) is 0 Å². The molecule has 0 unspecified atom stereocenters. The first-order chi connectivity index (χ1) is 10.5. The van der Waals surface area contributed by atoms with Gasteiger partial charge in [0.05, 0.1) is 0 Å². The first-order valence-electron chi connectivity index (χ1n) is 7.76. The van der Waals surface area contributed by atoms with E-state index < -0.39 is 17.4 Å². The van der Waals surface area contributed by atoms with Crippen molar-refractivity contribution < 1.29 is 19.1 Å². The molecule has 1 aliphatic rings. The zero-order valence-electron chi connectivity index (χ0n) is 12.8. The highest BCUT2D eigenvalue weighted by atomic mass is 19.1. The molecule has 0 atom stereocenters. The Morgan fingerprint density at radius 3 is 2.36 bits per heavy atom. The summed E-state index contributed by atoms with van der Waals surface area (Å²) >= 11 is 0. The lowest BCUT2D eigenvalue weighted by Gasteiger charge is -2.29.